The molecular weight excluding hydrogens is 310 g/mol. The minimum Gasteiger partial charge on any atom is -0.490 e. The molecule has 0 saturated carbocycles. The van der Waals surface area contributed by atoms with E-state index < -0.39 is 10.0 Å². The molecule has 0 amide bonds. The number of hydrogen-bond acceptors (Lipinski definition) is 3. The largest absolute Gasteiger partial charge is 0.490 e. The van der Waals surface area contributed by atoms with E-state index in [-0.39, 0.29) is 11.7 Å². The molecule has 0 spiro atoms. The molecule has 6 heteroatoms. The summed E-state index contributed by atoms with van der Waals surface area (Å²) in [6, 6.07) is 7.35. The standard InChI is InChI=1S/C15H22ClNO3S/c1-4-9-20-15-7-5-14(6-8-15)11-17(3)21(18,19)12-13(2)10-16/h4-8,13H,1,9-12H2,2-3H3. The van der Waals surface area contributed by atoms with Gasteiger partial charge in [-0.05, 0) is 23.6 Å². The molecule has 0 N–H and O–H groups in total. The normalized spacial score (nSPS) is 13.1. The summed E-state index contributed by atoms with van der Waals surface area (Å²) >= 11 is 5.68. The van der Waals surface area contributed by atoms with E-state index in [1.807, 2.05) is 31.2 Å². The van der Waals surface area contributed by atoms with E-state index in [1.165, 1.54) is 4.31 Å². The third-order valence-corrected chi connectivity index (χ3v) is 5.53. The number of rotatable bonds is 9. The van der Waals surface area contributed by atoms with Gasteiger partial charge in [0.25, 0.3) is 0 Å². The number of alkyl halides is 1. The Balaban J connectivity index is 2.65. The molecule has 21 heavy (non-hydrogen) atoms. The third kappa shape index (κ3) is 6.08. The van der Waals surface area contributed by atoms with Crippen molar-refractivity contribution >= 4 is 21.6 Å². The van der Waals surface area contributed by atoms with Crippen molar-refractivity contribution in [2.75, 3.05) is 25.3 Å². The van der Waals surface area contributed by atoms with Crippen LogP contribution >= 0.6 is 11.6 Å². The molecule has 0 bridgehead atoms. The molecule has 4 nitrogen and oxygen atoms in total. The van der Waals surface area contributed by atoms with Crippen LogP contribution < -0.4 is 4.74 Å². The van der Waals surface area contributed by atoms with Crippen LogP contribution in [0.25, 0.3) is 0 Å². The van der Waals surface area contributed by atoms with Crippen LogP contribution in [0.4, 0.5) is 0 Å². The van der Waals surface area contributed by atoms with Gasteiger partial charge in [0.15, 0.2) is 0 Å². The molecule has 0 heterocycles. The maximum Gasteiger partial charge on any atom is 0.214 e. The molecule has 1 unspecified atom stereocenters. The number of hydrogen-bond donors (Lipinski definition) is 0. The quantitative estimate of drug-likeness (QED) is 0.516. The predicted molar refractivity (Wildman–Crippen MR) is 87.3 cm³/mol. The van der Waals surface area contributed by atoms with E-state index in [2.05, 4.69) is 6.58 Å². The second-order valence-corrected chi connectivity index (χ2v) is 7.47. The Labute approximate surface area is 132 Å². The maximum atomic E-state index is 12.1. The highest BCUT2D eigenvalue weighted by molar-refractivity contribution is 7.89. The number of ether oxygens (including phenoxy) is 1. The molecule has 118 valence electrons. The number of sulfonamides is 1. The van der Waals surface area contributed by atoms with Crippen molar-refractivity contribution in [3.05, 3.63) is 42.5 Å². The lowest BCUT2D eigenvalue weighted by molar-refractivity contribution is 0.363. The lowest BCUT2D eigenvalue weighted by atomic mass is 10.2. The fourth-order valence-electron chi connectivity index (χ4n) is 1.73. The average Bonchev–Trinajstić information content (AvgIpc) is 2.45. The summed E-state index contributed by atoms with van der Waals surface area (Å²) in [7, 11) is -1.71. The summed E-state index contributed by atoms with van der Waals surface area (Å²) < 4.78 is 31.0. The summed E-state index contributed by atoms with van der Waals surface area (Å²) in [4.78, 5) is 0. The zero-order valence-electron chi connectivity index (χ0n) is 12.5. The maximum absolute atomic E-state index is 12.1. The van der Waals surface area contributed by atoms with Crippen LogP contribution in [0, 0.1) is 5.92 Å². The van der Waals surface area contributed by atoms with Crippen molar-refractivity contribution in [3.8, 4) is 5.75 Å². The van der Waals surface area contributed by atoms with Gasteiger partial charge in [0.1, 0.15) is 12.4 Å². The monoisotopic (exact) mass is 331 g/mol. The zero-order valence-corrected chi connectivity index (χ0v) is 14.0. The molecule has 0 aliphatic heterocycles. The van der Waals surface area contributed by atoms with Crippen LogP contribution in [0.3, 0.4) is 0 Å². The second kappa shape index (κ2) is 8.41. The summed E-state index contributed by atoms with van der Waals surface area (Å²) in [6.07, 6.45) is 1.67. The van der Waals surface area contributed by atoms with E-state index in [4.69, 9.17) is 16.3 Å². The molecule has 1 atom stereocenters. The lowest BCUT2D eigenvalue weighted by Crippen LogP contribution is -2.31. The van der Waals surface area contributed by atoms with Crippen LogP contribution in [-0.2, 0) is 16.6 Å². The fourth-order valence-corrected chi connectivity index (χ4v) is 3.41. The molecule has 0 aromatic heterocycles. The Morgan fingerprint density at radius 1 is 1.38 bits per heavy atom. The Bertz CT molecular complexity index is 543. The summed E-state index contributed by atoms with van der Waals surface area (Å²) in [5, 5.41) is 0. The molecule has 1 rings (SSSR count). The van der Waals surface area contributed by atoms with Crippen LogP contribution in [-0.4, -0.2) is 38.0 Å². The van der Waals surface area contributed by atoms with Crippen LogP contribution in [0.1, 0.15) is 12.5 Å². The van der Waals surface area contributed by atoms with E-state index in [0.717, 1.165) is 11.3 Å². The summed E-state index contributed by atoms with van der Waals surface area (Å²) in [6.45, 7) is 6.19. The molecule has 1 aromatic carbocycles. The van der Waals surface area contributed by atoms with Gasteiger partial charge in [-0.3, -0.25) is 0 Å². The number of nitrogens with zero attached hydrogens (tertiary/aromatic N) is 1. The average molecular weight is 332 g/mol. The fraction of sp³-hybridized carbons (Fsp3) is 0.467. The van der Waals surface area contributed by atoms with Crippen LogP contribution in [0.15, 0.2) is 36.9 Å². The zero-order chi connectivity index (χ0) is 15.9. The van der Waals surface area contributed by atoms with Crippen molar-refractivity contribution in [2.24, 2.45) is 5.92 Å². The molecule has 0 aliphatic carbocycles. The van der Waals surface area contributed by atoms with Crippen LogP contribution in [0.2, 0.25) is 0 Å². The third-order valence-electron chi connectivity index (χ3n) is 2.93. The van der Waals surface area contributed by atoms with Crippen molar-refractivity contribution < 1.29 is 13.2 Å². The van der Waals surface area contributed by atoms with Gasteiger partial charge < -0.3 is 4.74 Å². The molecular formula is C15H22ClNO3S. The molecule has 0 saturated heterocycles. The van der Waals surface area contributed by atoms with Gasteiger partial charge >= 0.3 is 0 Å². The van der Waals surface area contributed by atoms with E-state index >= 15 is 0 Å². The molecule has 0 fully saturated rings. The van der Waals surface area contributed by atoms with E-state index in [1.54, 1.807) is 13.1 Å². The van der Waals surface area contributed by atoms with Gasteiger partial charge in [-0.25, -0.2) is 12.7 Å². The first-order valence-corrected chi connectivity index (χ1v) is 8.86. The van der Waals surface area contributed by atoms with E-state index in [9.17, 15) is 8.42 Å². The second-order valence-electron chi connectivity index (χ2n) is 5.04. The van der Waals surface area contributed by atoms with E-state index in [0.29, 0.717) is 19.0 Å². The highest BCUT2D eigenvalue weighted by Gasteiger charge is 2.20. The Kier molecular flexibility index (Phi) is 7.22. The first-order chi connectivity index (χ1) is 9.89. The van der Waals surface area contributed by atoms with Crippen molar-refractivity contribution in [1.29, 1.82) is 0 Å². The van der Waals surface area contributed by atoms with Crippen molar-refractivity contribution in [2.45, 2.75) is 13.5 Å². The molecule has 0 aliphatic rings. The van der Waals surface area contributed by atoms with Crippen LogP contribution in [0.5, 0.6) is 5.75 Å². The minimum absolute atomic E-state index is 0.0613. The Hall–Kier alpha value is -1.04. The highest BCUT2D eigenvalue weighted by Crippen LogP contribution is 2.15. The predicted octanol–water partition coefficient (Wildman–Crippen LogP) is 2.89. The SMILES string of the molecule is C=CCOc1ccc(CN(C)S(=O)(=O)CC(C)CCl)cc1. The molecule has 0 radical (unpaired) electrons. The van der Waals surface area contributed by atoms with Gasteiger partial charge in [-0.15, -0.1) is 11.6 Å². The van der Waals surface area contributed by atoms with Gasteiger partial charge in [0, 0.05) is 19.5 Å². The summed E-state index contributed by atoms with van der Waals surface area (Å²) in [5.41, 5.74) is 0.908. The van der Waals surface area contributed by atoms with Crippen molar-refractivity contribution in [3.63, 3.8) is 0 Å². The van der Waals surface area contributed by atoms with Crippen molar-refractivity contribution in [1.82, 2.24) is 4.31 Å². The number of halogens is 1. The molecule has 1 aromatic rings. The summed E-state index contributed by atoms with van der Waals surface area (Å²) in [5.74, 6) is 1.07. The van der Waals surface area contributed by atoms with Gasteiger partial charge in [0.2, 0.25) is 10.0 Å². The first kappa shape index (κ1) is 18.0. The number of benzene rings is 1. The highest BCUT2D eigenvalue weighted by atomic mass is 35.5. The Morgan fingerprint density at radius 3 is 2.52 bits per heavy atom. The lowest BCUT2D eigenvalue weighted by Gasteiger charge is -2.19. The minimum atomic E-state index is -3.29. The van der Waals surface area contributed by atoms with Gasteiger partial charge in [0.05, 0.1) is 5.75 Å². The van der Waals surface area contributed by atoms with Gasteiger partial charge in [-0.2, -0.15) is 0 Å². The van der Waals surface area contributed by atoms with Gasteiger partial charge in [-0.1, -0.05) is 31.7 Å². The Morgan fingerprint density at radius 2 is 2.00 bits per heavy atom. The topological polar surface area (TPSA) is 46.6 Å². The smallest absolute Gasteiger partial charge is 0.214 e. The first-order valence-electron chi connectivity index (χ1n) is 6.71.